The van der Waals surface area contributed by atoms with Crippen LogP contribution in [0.2, 0.25) is 0 Å². The van der Waals surface area contributed by atoms with E-state index in [2.05, 4.69) is 11.9 Å². The lowest BCUT2D eigenvalue weighted by atomic mass is 10.2. The number of anilines is 1. The molecule has 1 N–H and O–H groups in total. The molecule has 1 aromatic carbocycles. The first-order valence-corrected chi connectivity index (χ1v) is 7.66. The van der Waals surface area contributed by atoms with Crippen LogP contribution in [0.15, 0.2) is 35.7 Å². The van der Waals surface area contributed by atoms with Crippen molar-refractivity contribution >= 4 is 21.6 Å². The number of nitrogens with zero attached hydrogens (tertiary/aromatic N) is 1. The number of sulfonamides is 1. The molecule has 0 radical (unpaired) electrons. The summed E-state index contributed by atoms with van der Waals surface area (Å²) in [5, 5.41) is 2.60. The molecule has 6 heteroatoms. The van der Waals surface area contributed by atoms with Gasteiger partial charge in [0.15, 0.2) is 0 Å². The quantitative estimate of drug-likeness (QED) is 0.847. The average molecular weight is 296 g/mol. The van der Waals surface area contributed by atoms with E-state index in [0.29, 0.717) is 5.69 Å². The molecule has 0 bridgehead atoms. The first kappa shape index (κ1) is 16.4. The second kappa shape index (κ2) is 6.19. The van der Waals surface area contributed by atoms with Gasteiger partial charge in [0, 0.05) is 18.8 Å². The van der Waals surface area contributed by atoms with Gasteiger partial charge in [-0.1, -0.05) is 12.6 Å². The Morgan fingerprint density at radius 3 is 2.50 bits per heavy atom. The number of rotatable bonds is 5. The maximum atomic E-state index is 12.4. The molecule has 0 aliphatic carbocycles. The van der Waals surface area contributed by atoms with Gasteiger partial charge in [0.1, 0.15) is 0 Å². The van der Waals surface area contributed by atoms with E-state index in [1.54, 1.807) is 26.8 Å². The number of carbonyl (C=O) groups excluding carboxylic acids is 1. The van der Waals surface area contributed by atoms with E-state index in [1.807, 2.05) is 0 Å². The summed E-state index contributed by atoms with van der Waals surface area (Å²) in [5.74, 6) is -0.375. The summed E-state index contributed by atoms with van der Waals surface area (Å²) in [5.41, 5.74) is 1.25. The van der Waals surface area contributed by atoms with Crippen LogP contribution >= 0.6 is 0 Å². The van der Waals surface area contributed by atoms with Gasteiger partial charge in [-0.15, -0.1) is 0 Å². The first-order chi connectivity index (χ1) is 9.20. The van der Waals surface area contributed by atoms with Crippen molar-refractivity contribution in [2.75, 3.05) is 12.4 Å². The monoisotopic (exact) mass is 296 g/mol. The van der Waals surface area contributed by atoms with Gasteiger partial charge in [-0.25, -0.2) is 8.42 Å². The van der Waals surface area contributed by atoms with Crippen molar-refractivity contribution in [2.24, 2.45) is 0 Å². The summed E-state index contributed by atoms with van der Waals surface area (Å²) < 4.78 is 26.1. The largest absolute Gasteiger partial charge is 0.322 e. The fourth-order valence-corrected chi connectivity index (χ4v) is 2.92. The molecule has 5 nitrogen and oxygen atoms in total. The highest BCUT2D eigenvalue weighted by molar-refractivity contribution is 7.89. The van der Waals surface area contributed by atoms with E-state index in [1.165, 1.54) is 23.5 Å². The number of benzene rings is 1. The standard InChI is InChI=1S/C14H20N2O3S/c1-6-14(17)15-13-9-12(8-7-11(13)4)20(18,19)16(5)10(2)3/h6-10H,1H2,2-5H3,(H,15,17). The Balaban J connectivity index is 3.25. The fraction of sp³-hybridized carbons (Fsp3) is 0.357. The van der Waals surface area contributed by atoms with E-state index in [-0.39, 0.29) is 16.8 Å². The van der Waals surface area contributed by atoms with E-state index < -0.39 is 10.0 Å². The van der Waals surface area contributed by atoms with Gasteiger partial charge in [0.2, 0.25) is 15.9 Å². The van der Waals surface area contributed by atoms with Crippen LogP contribution in [0.4, 0.5) is 5.69 Å². The summed E-state index contributed by atoms with van der Waals surface area (Å²) in [7, 11) is -2.03. The number of amides is 1. The van der Waals surface area contributed by atoms with Crippen LogP contribution in [0, 0.1) is 6.92 Å². The minimum atomic E-state index is -3.56. The molecule has 0 saturated carbocycles. The minimum Gasteiger partial charge on any atom is -0.322 e. The zero-order chi connectivity index (χ0) is 15.5. The van der Waals surface area contributed by atoms with Gasteiger partial charge < -0.3 is 5.32 Å². The Kier molecular flexibility index (Phi) is 5.08. The predicted octanol–water partition coefficient (Wildman–Crippen LogP) is 2.15. The smallest absolute Gasteiger partial charge is 0.247 e. The van der Waals surface area contributed by atoms with Gasteiger partial charge in [-0.2, -0.15) is 4.31 Å². The highest BCUT2D eigenvalue weighted by Crippen LogP contribution is 2.23. The van der Waals surface area contributed by atoms with Gasteiger partial charge in [0.25, 0.3) is 0 Å². The van der Waals surface area contributed by atoms with Gasteiger partial charge >= 0.3 is 0 Å². The highest BCUT2D eigenvalue weighted by Gasteiger charge is 2.23. The summed E-state index contributed by atoms with van der Waals surface area (Å²) >= 11 is 0. The fourth-order valence-electron chi connectivity index (χ4n) is 1.52. The number of nitrogens with one attached hydrogen (secondary N) is 1. The van der Waals surface area contributed by atoms with Crippen LogP contribution < -0.4 is 5.32 Å². The van der Waals surface area contributed by atoms with E-state index in [9.17, 15) is 13.2 Å². The van der Waals surface area contributed by atoms with Crippen molar-refractivity contribution in [1.29, 1.82) is 0 Å². The molecule has 0 unspecified atom stereocenters. The van der Waals surface area contributed by atoms with E-state index in [4.69, 9.17) is 0 Å². The van der Waals surface area contributed by atoms with Crippen molar-refractivity contribution in [2.45, 2.75) is 31.7 Å². The molecule has 0 aliphatic rings. The van der Waals surface area contributed by atoms with E-state index in [0.717, 1.165) is 11.6 Å². The summed E-state index contributed by atoms with van der Waals surface area (Å²) in [6, 6.07) is 4.52. The van der Waals surface area contributed by atoms with Crippen LogP contribution in [-0.2, 0) is 14.8 Å². The average Bonchev–Trinajstić information content (AvgIpc) is 2.39. The number of aryl methyl sites for hydroxylation is 1. The molecule has 1 rings (SSSR count). The molecule has 0 fully saturated rings. The van der Waals surface area contributed by atoms with Crippen molar-refractivity contribution in [1.82, 2.24) is 4.31 Å². The van der Waals surface area contributed by atoms with E-state index >= 15 is 0 Å². The summed E-state index contributed by atoms with van der Waals surface area (Å²) in [6.07, 6.45) is 1.14. The Morgan fingerprint density at radius 2 is 2.00 bits per heavy atom. The Hall–Kier alpha value is -1.66. The molecular weight excluding hydrogens is 276 g/mol. The molecule has 0 aliphatic heterocycles. The van der Waals surface area contributed by atoms with Crippen LogP contribution in [0.3, 0.4) is 0 Å². The van der Waals surface area contributed by atoms with Crippen LogP contribution in [0.25, 0.3) is 0 Å². The Labute approximate surface area is 120 Å². The Bertz CT molecular complexity index is 621. The van der Waals surface area contributed by atoms with Crippen molar-refractivity contribution < 1.29 is 13.2 Å². The highest BCUT2D eigenvalue weighted by atomic mass is 32.2. The van der Waals surface area contributed by atoms with Gasteiger partial charge in [-0.3, -0.25) is 4.79 Å². The minimum absolute atomic E-state index is 0.146. The maximum absolute atomic E-state index is 12.4. The van der Waals surface area contributed by atoms with Gasteiger partial charge in [-0.05, 0) is 44.5 Å². The second-order valence-corrected chi connectivity index (χ2v) is 6.78. The van der Waals surface area contributed by atoms with Gasteiger partial charge in [0.05, 0.1) is 4.90 Å². The molecule has 0 atom stereocenters. The Morgan fingerprint density at radius 1 is 1.40 bits per heavy atom. The van der Waals surface area contributed by atoms with Crippen molar-refractivity contribution in [3.63, 3.8) is 0 Å². The van der Waals surface area contributed by atoms with Crippen molar-refractivity contribution in [3.05, 3.63) is 36.4 Å². The van der Waals surface area contributed by atoms with Crippen LogP contribution in [-0.4, -0.2) is 31.7 Å². The molecule has 0 aromatic heterocycles. The molecule has 0 spiro atoms. The maximum Gasteiger partial charge on any atom is 0.247 e. The topological polar surface area (TPSA) is 66.5 Å². The second-order valence-electron chi connectivity index (χ2n) is 4.79. The third kappa shape index (κ3) is 3.46. The molecule has 1 amide bonds. The SMILES string of the molecule is C=CC(=O)Nc1cc(S(=O)(=O)N(C)C(C)C)ccc1C. The molecule has 1 aromatic rings. The summed E-state index contributed by atoms with van der Waals surface area (Å²) in [6.45, 7) is 8.76. The number of hydrogen-bond acceptors (Lipinski definition) is 3. The third-order valence-electron chi connectivity index (χ3n) is 3.06. The molecule has 110 valence electrons. The zero-order valence-electron chi connectivity index (χ0n) is 12.2. The molecule has 0 saturated heterocycles. The first-order valence-electron chi connectivity index (χ1n) is 6.22. The molecule has 0 heterocycles. The van der Waals surface area contributed by atoms with Crippen LogP contribution in [0.5, 0.6) is 0 Å². The molecule has 20 heavy (non-hydrogen) atoms. The number of hydrogen-bond donors (Lipinski definition) is 1. The van der Waals surface area contributed by atoms with Crippen LogP contribution in [0.1, 0.15) is 19.4 Å². The zero-order valence-corrected chi connectivity index (χ0v) is 13.0. The predicted molar refractivity (Wildman–Crippen MR) is 80.1 cm³/mol. The normalized spacial score (nSPS) is 11.7. The molecular formula is C14H20N2O3S. The third-order valence-corrected chi connectivity index (χ3v) is 5.09. The lowest BCUT2D eigenvalue weighted by Gasteiger charge is -2.21. The number of carbonyl (C=O) groups is 1. The lowest BCUT2D eigenvalue weighted by Crippen LogP contribution is -2.33. The lowest BCUT2D eigenvalue weighted by molar-refractivity contribution is -0.111. The summed E-state index contributed by atoms with van der Waals surface area (Å²) in [4.78, 5) is 11.5. The van der Waals surface area contributed by atoms with Crippen molar-refractivity contribution in [3.8, 4) is 0 Å².